The summed E-state index contributed by atoms with van der Waals surface area (Å²) in [5.41, 5.74) is 0.302. The summed E-state index contributed by atoms with van der Waals surface area (Å²) in [4.78, 5) is 3.88. The van der Waals surface area contributed by atoms with Crippen LogP contribution in [0.5, 0.6) is 0 Å². The molecule has 0 aliphatic carbocycles. The molecule has 2 aromatic rings. The molecule has 0 aliphatic rings. The summed E-state index contributed by atoms with van der Waals surface area (Å²) in [5.74, 6) is 0. The van der Waals surface area contributed by atoms with Gasteiger partial charge in [-0.25, -0.2) is 8.42 Å². The third-order valence-electron chi connectivity index (χ3n) is 2.16. The minimum Gasteiger partial charge on any atom is -0.278 e. The van der Waals surface area contributed by atoms with Crippen molar-refractivity contribution in [2.75, 3.05) is 4.72 Å². The summed E-state index contributed by atoms with van der Waals surface area (Å²) >= 11 is 12.4. The molecule has 0 spiro atoms. The van der Waals surface area contributed by atoms with E-state index in [1.54, 1.807) is 18.2 Å². The van der Waals surface area contributed by atoms with E-state index in [9.17, 15) is 8.42 Å². The minimum absolute atomic E-state index is 0.0536. The molecule has 0 fully saturated rings. The van der Waals surface area contributed by atoms with Gasteiger partial charge in [0.2, 0.25) is 0 Å². The Morgan fingerprint density at radius 2 is 1.84 bits per heavy atom. The number of pyridine rings is 1. The van der Waals surface area contributed by atoms with Gasteiger partial charge >= 0.3 is 0 Å². The van der Waals surface area contributed by atoms with E-state index in [2.05, 4.69) is 41.6 Å². The van der Waals surface area contributed by atoms with Gasteiger partial charge in [-0.15, -0.1) is 0 Å². The number of benzene rings is 1. The summed E-state index contributed by atoms with van der Waals surface area (Å²) in [7, 11) is -3.72. The molecule has 0 saturated heterocycles. The van der Waals surface area contributed by atoms with Crippen molar-refractivity contribution in [3.8, 4) is 0 Å². The molecule has 0 amide bonds. The number of nitrogens with one attached hydrogen (secondary N) is 1. The molecule has 8 heteroatoms. The zero-order valence-electron chi connectivity index (χ0n) is 9.27. The molecule has 1 aromatic heterocycles. The number of sulfonamides is 1. The minimum atomic E-state index is -3.72. The van der Waals surface area contributed by atoms with Gasteiger partial charge in [0.05, 0.1) is 10.7 Å². The maximum Gasteiger partial charge on any atom is 0.263 e. The van der Waals surface area contributed by atoms with Crippen LogP contribution in [-0.2, 0) is 10.0 Å². The van der Waals surface area contributed by atoms with Gasteiger partial charge < -0.3 is 0 Å². The molecule has 0 aliphatic heterocycles. The van der Waals surface area contributed by atoms with Crippen LogP contribution in [0.4, 0.5) is 5.69 Å². The summed E-state index contributed by atoms with van der Waals surface area (Å²) in [6.07, 6.45) is 2.77. The molecule has 0 saturated carbocycles. The van der Waals surface area contributed by atoms with E-state index in [-0.39, 0.29) is 4.90 Å². The van der Waals surface area contributed by atoms with E-state index < -0.39 is 10.0 Å². The second-order valence-electron chi connectivity index (χ2n) is 3.57. The molecule has 0 radical (unpaired) electrons. The highest BCUT2D eigenvalue weighted by atomic mass is 79.9. The Balaban J connectivity index is 2.39. The predicted molar refractivity (Wildman–Crippen MR) is 81.9 cm³/mol. The Hall–Kier alpha value is -0.630. The summed E-state index contributed by atoms with van der Waals surface area (Å²) < 4.78 is 28.1. The van der Waals surface area contributed by atoms with Gasteiger partial charge in [-0.1, -0.05) is 27.5 Å². The predicted octanol–water partition coefficient (Wildman–Crippen LogP) is 4.06. The lowest BCUT2D eigenvalue weighted by molar-refractivity contribution is 0.600. The van der Waals surface area contributed by atoms with Crippen molar-refractivity contribution in [2.24, 2.45) is 0 Å². The number of nitrogens with zero attached hydrogens (tertiary/aromatic N) is 1. The van der Waals surface area contributed by atoms with Crippen molar-refractivity contribution >= 4 is 59.2 Å². The molecule has 1 aromatic carbocycles. The highest BCUT2D eigenvalue weighted by Crippen LogP contribution is 2.28. The largest absolute Gasteiger partial charge is 0.278 e. The van der Waals surface area contributed by atoms with Crippen LogP contribution in [0.15, 0.2) is 50.5 Å². The fourth-order valence-corrected chi connectivity index (χ4v) is 3.47. The van der Waals surface area contributed by atoms with Crippen molar-refractivity contribution in [1.29, 1.82) is 0 Å². The van der Waals surface area contributed by atoms with Gasteiger partial charge in [0.25, 0.3) is 10.0 Å². The first-order valence-electron chi connectivity index (χ1n) is 4.97. The number of rotatable bonds is 3. The summed E-state index contributed by atoms with van der Waals surface area (Å²) in [6.45, 7) is 0. The topological polar surface area (TPSA) is 59.1 Å². The molecule has 19 heavy (non-hydrogen) atoms. The molecular weight excluding hydrogens is 419 g/mol. The van der Waals surface area contributed by atoms with Gasteiger partial charge in [0.1, 0.15) is 4.90 Å². The Labute approximate surface area is 132 Å². The van der Waals surface area contributed by atoms with Gasteiger partial charge in [-0.2, -0.15) is 0 Å². The molecule has 1 N–H and O–H groups in total. The Kier molecular flexibility index (Phi) is 4.50. The lowest BCUT2D eigenvalue weighted by Gasteiger charge is -2.10. The van der Waals surface area contributed by atoms with Crippen LogP contribution in [0.1, 0.15) is 0 Å². The average Bonchev–Trinajstić information content (AvgIpc) is 2.33. The molecule has 4 nitrogen and oxygen atoms in total. The van der Waals surface area contributed by atoms with Crippen LogP contribution >= 0.6 is 43.5 Å². The lowest BCUT2D eigenvalue weighted by Crippen LogP contribution is -2.13. The summed E-state index contributed by atoms with van der Waals surface area (Å²) in [6, 6.07) is 6.37. The smallest absolute Gasteiger partial charge is 0.263 e. The van der Waals surface area contributed by atoms with Crippen molar-refractivity contribution in [3.63, 3.8) is 0 Å². The van der Waals surface area contributed by atoms with Crippen LogP contribution in [0.3, 0.4) is 0 Å². The molecule has 0 atom stereocenters. The van der Waals surface area contributed by atoms with Crippen molar-refractivity contribution in [1.82, 2.24) is 4.98 Å². The molecule has 100 valence electrons. The molecule has 0 unspecified atom stereocenters. The maximum atomic E-state index is 12.2. The second-order valence-corrected chi connectivity index (χ2v) is 7.49. The van der Waals surface area contributed by atoms with E-state index in [0.717, 1.165) is 4.47 Å². The zero-order chi connectivity index (χ0) is 14.0. The van der Waals surface area contributed by atoms with Crippen LogP contribution in [-0.4, -0.2) is 13.4 Å². The number of halogens is 3. The molecule has 1 heterocycles. The maximum absolute atomic E-state index is 12.2. The number of hydrogen-bond acceptors (Lipinski definition) is 3. The Bertz CT molecular complexity index is 722. The number of anilines is 1. The van der Waals surface area contributed by atoms with Crippen LogP contribution in [0.25, 0.3) is 0 Å². The van der Waals surface area contributed by atoms with Crippen molar-refractivity contribution in [2.45, 2.75) is 4.90 Å². The van der Waals surface area contributed by atoms with Crippen LogP contribution in [0, 0.1) is 0 Å². The molecule has 0 bridgehead atoms. The molecular formula is C11H7Br2ClN2O2S. The van der Waals surface area contributed by atoms with E-state index in [1.165, 1.54) is 18.5 Å². The van der Waals surface area contributed by atoms with Crippen molar-refractivity contribution in [3.05, 3.63) is 50.6 Å². The van der Waals surface area contributed by atoms with Gasteiger partial charge in [0.15, 0.2) is 0 Å². The van der Waals surface area contributed by atoms with Gasteiger partial charge in [0, 0.05) is 21.3 Å². The highest BCUT2D eigenvalue weighted by Gasteiger charge is 2.16. The first-order chi connectivity index (χ1) is 8.88. The molecule has 2 rings (SSSR count). The van der Waals surface area contributed by atoms with E-state index in [4.69, 9.17) is 11.6 Å². The van der Waals surface area contributed by atoms with Crippen molar-refractivity contribution < 1.29 is 8.42 Å². The number of hydrogen-bond donors (Lipinski definition) is 1. The lowest BCUT2D eigenvalue weighted by atomic mass is 10.3. The second kappa shape index (κ2) is 5.78. The Morgan fingerprint density at radius 3 is 2.53 bits per heavy atom. The normalized spacial score (nSPS) is 11.3. The average molecular weight is 427 g/mol. The Morgan fingerprint density at radius 1 is 1.11 bits per heavy atom. The van der Waals surface area contributed by atoms with Crippen LogP contribution in [0.2, 0.25) is 5.02 Å². The third-order valence-corrected chi connectivity index (χ3v) is 4.75. The fourth-order valence-electron chi connectivity index (χ4n) is 1.32. The summed E-state index contributed by atoms with van der Waals surface area (Å²) in [5, 5.41) is 0.315. The van der Waals surface area contributed by atoms with Crippen LogP contribution < -0.4 is 4.72 Å². The van der Waals surface area contributed by atoms with E-state index in [0.29, 0.717) is 15.2 Å². The fraction of sp³-hybridized carbons (Fsp3) is 0. The van der Waals surface area contributed by atoms with E-state index >= 15 is 0 Å². The standard InChI is InChI=1S/C11H7Br2ClN2O2S/c12-7-1-2-10(14)11(4-7)16-19(17,18)9-3-8(13)5-15-6-9/h1-6,16H. The first-order valence-corrected chi connectivity index (χ1v) is 8.41. The quantitative estimate of drug-likeness (QED) is 0.805. The first kappa shape index (κ1) is 14.8. The zero-order valence-corrected chi connectivity index (χ0v) is 14.0. The van der Waals surface area contributed by atoms with Gasteiger partial charge in [-0.05, 0) is 40.2 Å². The monoisotopic (exact) mass is 424 g/mol. The third kappa shape index (κ3) is 3.68. The SMILES string of the molecule is O=S(=O)(Nc1cc(Br)ccc1Cl)c1cncc(Br)c1. The highest BCUT2D eigenvalue weighted by molar-refractivity contribution is 9.10. The van der Waals surface area contributed by atoms with E-state index in [1.807, 2.05) is 0 Å². The van der Waals surface area contributed by atoms with Gasteiger partial charge in [-0.3, -0.25) is 9.71 Å². The number of aromatic nitrogens is 1.